The summed E-state index contributed by atoms with van der Waals surface area (Å²) in [5.41, 5.74) is 0. The third kappa shape index (κ3) is 3.96. The lowest BCUT2D eigenvalue weighted by Gasteiger charge is -2.18. The number of thiophene rings is 1. The van der Waals surface area contributed by atoms with Crippen molar-refractivity contribution in [2.75, 3.05) is 13.1 Å². The van der Waals surface area contributed by atoms with E-state index in [2.05, 4.69) is 43.6 Å². The van der Waals surface area contributed by atoms with E-state index in [4.69, 9.17) is 0 Å². The zero-order valence-corrected chi connectivity index (χ0v) is 9.31. The van der Waals surface area contributed by atoms with Crippen LogP contribution in [0, 0.1) is 0 Å². The Labute approximate surface area is 86.0 Å². The Morgan fingerprint density at radius 3 is 2.46 bits per heavy atom. The minimum absolute atomic E-state index is 1.17. The van der Waals surface area contributed by atoms with Crippen LogP contribution in [0.5, 0.6) is 0 Å². The van der Waals surface area contributed by atoms with Crippen LogP contribution >= 0.6 is 11.3 Å². The van der Waals surface area contributed by atoms with Gasteiger partial charge in [0.25, 0.3) is 7.41 Å². The smallest absolute Gasteiger partial charge is 0.261 e. The molecule has 1 nitrogen and oxygen atoms in total. The van der Waals surface area contributed by atoms with Crippen molar-refractivity contribution in [2.24, 2.45) is 0 Å². The van der Waals surface area contributed by atoms with E-state index >= 15 is 0 Å². The Morgan fingerprint density at radius 2 is 2.00 bits per heavy atom. The van der Waals surface area contributed by atoms with Crippen molar-refractivity contribution in [3.63, 3.8) is 0 Å². The van der Waals surface area contributed by atoms with E-state index in [1.165, 1.54) is 30.7 Å². The molecular weight excluding hydrogens is 177 g/mol. The molecule has 1 aromatic heterocycles. The average Bonchev–Trinajstić information content (AvgIpc) is 2.58. The molecule has 13 heavy (non-hydrogen) atoms. The fourth-order valence-corrected chi connectivity index (χ4v) is 2.04. The van der Waals surface area contributed by atoms with E-state index in [-0.39, 0.29) is 0 Å². The van der Waals surface area contributed by atoms with Crippen LogP contribution in [-0.4, -0.2) is 25.3 Å². The number of hydrogen-bond acceptors (Lipinski definition) is 2. The van der Waals surface area contributed by atoms with Gasteiger partial charge in [0.05, 0.1) is 0 Å². The van der Waals surface area contributed by atoms with Crippen LogP contribution in [-0.2, 0) is 0 Å². The molecule has 0 saturated carbocycles. The first-order valence-corrected chi connectivity index (χ1v) is 5.87. The average molecular weight is 194 g/mol. The van der Waals surface area contributed by atoms with Gasteiger partial charge in [0.2, 0.25) is 0 Å². The highest BCUT2D eigenvalue weighted by Gasteiger charge is 2.06. The summed E-state index contributed by atoms with van der Waals surface area (Å²) >= 11 is 1.81. The van der Waals surface area contributed by atoms with Crippen LogP contribution in [0.2, 0.25) is 0 Å². The first-order valence-electron chi connectivity index (χ1n) is 4.99. The second-order valence-electron chi connectivity index (χ2n) is 3.18. The van der Waals surface area contributed by atoms with Crippen LogP contribution in [0.1, 0.15) is 26.7 Å². The van der Waals surface area contributed by atoms with Gasteiger partial charge in [-0.1, -0.05) is 26.0 Å². The molecule has 71 valence electrons. The second-order valence-corrected chi connectivity index (χ2v) is 4.16. The molecule has 0 atom stereocenters. The van der Waals surface area contributed by atoms with Crippen LogP contribution in [0.3, 0.4) is 0 Å². The van der Waals surface area contributed by atoms with Gasteiger partial charge >= 0.3 is 0 Å². The molecule has 0 aliphatic carbocycles. The maximum absolute atomic E-state index is 2.41. The third-order valence-corrected chi connectivity index (χ3v) is 2.68. The first kappa shape index (κ1) is 10.8. The Balaban J connectivity index is 2.37. The molecule has 0 bridgehead atoms. The van der Waals surface area contributed by atoms with Gasteiger partial charge in [-0.05, 0) is 36.1 Å². The number of hydrogen-bond donors (Lipinski definition) is 0. The summed E-state index contributed by atoms with van der Waals surface area (Å²) in [6.45, 7) is 6.80. The molecule has 0 spiro atoms. The van der Waals surface area contributed by atoms with Crippen molar-refractivity contribution in [1.29, 1.82) is 0 Å². The molecule has 0 aliphatic heterocycles. The summed E-state index contributed by atoms with van der Waals surface area (Å²) < 4.78 is 1.36. The maximum atomic E-state index is 2.41. The zero-order valence-electron chi connectivity index (χ0n) is 8.49. The minimum Gasteiger partial charge on any atom is -0.342 e. The standard InChI is InChI=1S/C10H17BNS/c1-3-7-12(8-4-2)11-10-6-5-9-13-10/h5-6,9H,3-4,7-8H2,1-2H3. The van der Waals surface area contributed by atoms with Crippen LogP contribution in [0.25, 0.3) is 0 Å². The van der Waals surface area contributed by atoms with E-state index < -0.39 is 0 Å². The highest BCUT2D eigenvalue weighted by Crippen LogP contribution is 1.96. The molecule has 1 heterocycles. The highest BCUT2D eigenvalue weighted by molar-refractivity contribution is 7.19. The Bertz CT molecular complexity index is 205. The highest BCUT2D eigenvalue weighted by atomic mass is 32.1. The zero-order chi connectivity index (χ0) is 9.52. The van der Waals surface area contributed by atoms with Crippen molar-refractivity contribution < 1.29 is 0 Å². The molecule has 0 aliphatic rings. The molecule has 1 radical (unpaired) electrons. The fourth-order valence-electron chi connectivity index (χ4n) is 1.36. The molecule has 0 aromatic carbocycles. The monoisotopic (exact) mass is 194 g/mol. The summed E-state index contributed by atoms with van der Waals surface area (Å²) in [7, 11) is 2.28. The maximum Gasteiger partial charge on any atom is 0.261 e. The SMILES string of the molecule is CCCN([B]c1cccs1)CCC. The molecule has 1 aromatic rings. The van der Waals surface area contributed by atoms with Gasteiger partial charge < -0.3 is 4.81 Å². The van der Waals surface area contributed by atoms with Crippen molar-refractivity contribution in [1.82, 2.24) is 4.81 Å². The molecule has 0 fully saturated rings. The number of nitrogens with zero attached hydrogens (tertiary/aromatic N) is 1. The topological polar surface area (TPSA) is 3.24 Å². The number of rotatable bonds is 6. The molecule has 0 saturated heterocycles. The summed E-state index contributed by atoms with van der Waals surface area (Å²) in [6, 6.07) is 4.27. The van der Waals surface area contributed by atoms with Gasteiger partial charge in [-0.25, -0.2) is 0 Å². The summed E-state index contributed by atoms with van der Waals surface area (Å²) in [5.74, 6) is 0. The van der Waals surface area contributed by atoms with E-state index in [1.54, 1.807) is 11.3 Å². The van der Waals surface area contributed by atoms with Crippen LogP contribution in [0.4, 0.5) is 0 Å². The molecule has 3 heteroatoms. The predicted molar refractivity (Wildman–Crippen MR) is 61.9 cm³/mol. The lowest BCUT2D eigenvalue weighted by Crippen LogP contribution is -2.35. The lowest BCUT2D eigenvalue weighted by atomic mass is 9.88. The Kier molecular flexibility index (Phi) is 5.17. The molecular formula is C10H17BNS. The van der Waals surface area contributed by atoms with Gasteiger partial charge in [-0.15, -0.1) is 0 Å². The fraction of sp³-hybridized carbons (Fsp3) is 0.600. The van der Waals surface area contributed by atoms with Gasteiger partial charge in [0.1, 0.15) is 0 Å². The van der Waals surface area contributed by atoms with Gasteiger partial charge in [0, 0.05) is 0 Å². The summed E-state index contributed by atoms with van der Waals surface area (Å²) in [4.78, 5) is 2.41. The second kappa shape index (κ2) is 6.22. The van der Waals surface area contributed by atoms with E-state index in [0.29, 0.717) is 0 Å². The van der Waals surface area contributed by atoms with Gasteiger partial charge in [-0.3, -0.25) is 0 Å². The lowest BCUT2D eigenvalue weighted by molar-refractivity contribution is 0.445. The predicted octanol–water partition coefficient (Wildman–Crippen LogP) is 2.11. The largest absolute Gasteiger partial charge is 0.342 e. The van der Waals surface area contributed by atoms with Crippen molar-refractivity contribution >= 4 is 23.5 Å². The van der Waals surface area contributed by atoms with Crippen molar-refractivity contribution in [3.05, 3.63) is 17.5 Å². The Morgan fingerprint density at radius 1 is 1.31 bits per heavy atom. The van der Waals surface area contributed by atoms with Crippen LogP contribution in [0.15, 0.2) is 17.5 Å². The van der Waals surface area contributed by atoms with Gasteiger partial charge in [0.15, 0.2) is 0 Å². The first-order chi connectivity index (χ1) is 6.36. The normalized spacial score (nSPS) is 10.7. The molecule has 1 rings (SSSR count). The summed E-state index contributed by atoms with van der Waals surface area (Å²) in [5, 5.41) is 2.13. The van der Waals surface area contributed by atoms with E-state index in [1.807, 2.05) is 0 Å². The molecule has 0 N–H and O–H groups in total. The van der Waals surface area contributed by atoms with E-state index in [9.17, 15) is 0 Å². The third-order valence-electron chi connectivity index (χ3n) is 1.87. The van der Waals surface area contributed by atoms with E-state index in [0.717, 1.165) is 0 Å². The quantitative estimate of drug-likeness (QED) is 0.627. The van der Waals surface area contributed by atoms with Crippen LogP contribution < -0.4 is 4.78 Å². The molecule has 0 amide bonds. The van der Waals surface area contributed by atoms with Gasteiger partial charge in [-0.2, -0.15) is 11.3 Å². The molecule has 0 unspecified atom stereocenters. The minimum atomic E-state index is 1.17. The van der Waals surface area contributed by atoms with Crippen molar-refractivity contribution in [2.45, 2.75) is 26.7 Å². The summed E-state index contributed by atoms with van der Waals surface area (Å²) in [6.07, 6.45) is 2.45. The van der Waals surface area contributed by atoms with Crippen molar-refractivity contribution in [3.8, 4) is 0 Å². The Hall–Kier alpha value is -0.275.